The Morgan fingerprint density at radius 3 is 2.42 bits per heavy atom. The number of pyridine rings is 1. The van der Waals surface area contributed by atoms with E-state index in [-0.39, 0.29) is 35.0 Å². The molecule has 0 bridgehead atoms. The van der Waals surface area contributed by atoms with E-state index in [2.05, 4.69) is 15.6 Å². The number of nitrogens with zero attached hydrogens (tertiary/aromatic N) is 1. The summed E-state index contributed by atoms with van der Waals surface area (Å²) in [4.78, 5) is 41.0. The lowest BCUT2D eigenvalue weighted by molar-refractivity contribution is -0.138. The van der Waals surface area contributed by atoms with Crippen molar-refractivity contribution in [1.82, 2.24) is 15.6 Å². The summed E-state index contributed by atoms with van der Waals surface area (Å²) in [6, 6.07) is 3.17. The van der Waals surface area contributed by atoms with E-state index in [0.717, 1.165) is 25.7 Å². The molecule has 2 rings (SSSR count). The third kappa shape index (κ3) is 7.86. The number of amides is 1. The van der Waals surface area contributed by atoms with Gasteiger partial charge in [-0.25, -0.2) is 14.6 Å². The molecule has 0 atom stereocenters. The monoisotopic (exact) mass is 451 g/mol. The van der Waals surface area contributed by atoms with Gasteiger partial charge < -0.3 is 20.1 Å². The lowest BCUT2D eigenvalue weighted by Gasteiger charge is -2.30. The number of esters is 1. The molecule has 1 aliphatic carbocycles. The molecule has 1 aromatic rings. The zero-order valence-corrected chi connectivity index (χ0v) is 19.1. The SMILES string of the molecule is CCOC(=O)C(=CN[C@H]1CC[C@H](NC(=O)OC(C)(C)C)CC1)C(=O)c1cccnc1Cl. The Morgan fingerprint density at radius 1 is 1.19 bits per heavy atom. The van der Waals surface area contributed by atoms with Crippen molar-refractivity contribution in [3.05, 3.63) is 40.8 Å². The number of alkyl carbamates (subject to hydrolysis) is 1. The minimum absolute atomic E-state index is 0.0245. The standard InChI is InChI=1S/C22H30ClN3O5/c1-5-30-20(28)17(18(27)16-7-6-12-24-19(16)23)13-25-14-8-10-15(11-9-14)26-21(29)31-22(2,3)4/h6-7,12-15,25H,5,8-11H2,1-4H3,(H,26,29)/t14-,15-. The van der Waals surface area contributed by atoms with Crippen LogP contribution in [0, 0.1) is 0 Å². The molecule has 1 aromatic heterocycles. The van der Waals surface area contributed by atoms with Gasteiger partial charge in [0.1, 0.15) is 16.3 Å². The number of halogens is 1. The first kappa shape index (κ1) is 24.7. The third-order valence-electron chi connectivity index (χ3n) is 4.66. The Kier molecular flexibility index (Phi) is 8.86. The molecule has 0 aliphatic heterocycles. The predicted octanol–water partition coefficient (Wildman–Crippen LogP) is 3.79. The van der Waals surface area contributed by atoms with E-state index >= 15 is 0 Å². The average molecular weight is 452 g/mol. The molecule has 0 saturated heterocycles. The zero-order valence-electron chi connectivity index (χ0n) is 18.4. The number of carbonyl (C=O) groups is 3. The highest BCUT2D eigenvalue weighted by Crippen LogP contribution is 2.21. The minimum atomic E-state index is -0.722. The minimum Gasteiger partial charge on any atom is -0.462 e. The Morgan fingerprint density at radius 2 is 1.84 bits per heavy atom. The summed E-state index contributed by atoms with van der Waals surface area (Å²) in [7, 11) is 0. The second kappa shape index (κ2) is 11.1. The third-order valence-corrected chi connectivity index (χ3v) is 4.96. The molecule has 31 heavy (non-hydrogen) atoms. The largest absolute Gasteiger partial charge is 0.462 e. The van der Waals surface area contributed by atoms with Crippen LogP contribution in [-0.4, -0.2) is 47.1 Å². The molecule has 2 N–H and O–H groups in total. The van der Waals surface area contributed by atoms with Crippen LogP contribution in [0.15, 0.2) is 30.1 Å². The van der Waals surface area contributed by atoms with Gasteiger partial charge >= 0.3 is 12.1 Å². The number of hydrogen-bond acceptors (Lipinski definition) is 7. The molecule has 0 aromatic carbocycles. The van der Waals surface area contributed by atoms with Crippen LogP contribution in [0.1, 0.15) is 63.7 Å². The summed E-state index contributed by atoms with van der Waals surface area (Å²) in [6.45, 7) is 7.28. The molecule has 1 heterocycles. The quantitative estimate of drug-likeness (QED) is 0.162. The van der Waals surface area contributed by atoms with Crippen LogP contribution >= 0.6 is 11.6 Å². The van der Waals surface area contributed by atoms with E-state index in [1.54, 1.807) is 13.0 Å². The average Bonchev–Trinajstić information content (AvgIpc) is 2.68. The first-order valence-corrected chi connectivity index (χ1v) is 10.8. The van der Waals surface area contributed by atoms with Gasteiger partial charge in [0.15, 0.2) is 0 Å². The van der Waals surface area contributed by atoms with Crippen LogP contribution in [0.2, 0.25) is 5.15 Å². The van der Waals surface area contributed by atoms with Gasteiger partial charge in [-0.15, -0.1) is 0 Å². The normalized spacial score (nSPS) is 19.3. The topological polar surface area (TPSA) is 107 Å². The molecule has 1 saturated carbocycles. The van der Waals surface area contributed by atoms with Crippen molar-refractivity contribution in [3.8, 4) is 0 Å². The van der Waals surface area contributed by atoms with Crippen LogP contribution < -0.4 is 10.6 Å². The van der Waals surface area contributed by atoms with Crippen LogP contribution in [0.4, 0.5) is 4.79 Å². The number of rotatable bonds is 7. The van der Waals surface area contributed by atoms with Crippen LogP contribution in [0.3, 0.4) is 0 Å². The molecule has 8 nitrogen and oxygen atoms in total. The van der Waals surface area contributed by atoms with Gasteiger partial charge in [-0.05, 0) is 65.5 Å². The Labute approximate surface area is 187 Å². The summed E-state index contributed by atoms with van der Waals surface area (Å²) in [5.41, 5.74) is -0.540. The summed E-state index contributed by atoms with van der Waals surface area (Å²) in [5.74, 6) is -1.27. The number of hydrogen-bond donors (Lipinski definition) is 2. The maximum Gasteiger partial charge on any atom is 0.407 e. The van der Waals surface area contributed by atoms with Gasteiger partial charge in [-0.1, -0.05) is 11.6 Å². The second-order valence-corrected chi connectivity index (χ2v) is 8.67. The molecule has 0 spiro atoms. The molecule has 1 amide bonds. The second-order valence-electron chi connectivity index (χ2n) is 8.31. The maximum atomic E-state index is 12.8. The zero-order chi connectivity index (χ0) is 23.0. The van der Waals surface area contributed by atoms with Crippen LogP contribution in [0.25, 0.3) is 0 Å². The van der Waals surface area contributed by atoms with Gasteiger partial charge in [-0.2, -0.15) is 0 Å². The molecule has 0 unspecified atom stereocenters. The molecule has 1 fully saturated rings. The van der Waals surface area contributed by atoms with Crippen molar-refractivity contribution < 1.29 is 23.9 Å². The van der Waals surface area contributed by atoms with E-state index < -0.39 is 23.4 Å². The number of aromatic nitrogens is 1. The predicted molar refractivity (Wildman–Crippen MR) is 117 cm³/mol. The summed E-state index contributed by atoms with van der Waals surface area (Å²) in [6.07, 6.45) is 5.46. The molecule has 1 aliphatic rings. The Bertz CT molecular complexity index is 827. The molecular formula is C22H30ClN3O5. The van der Waals surface area contributed by atoms with Crippen molar-refractivity contribution in [1.29, 1.82) is 0 Å². The number of carbonyl (C=O) groups excluding carboxylic acids is 3. The highest BCUT2D eigenvalue weighted by atomic mass is 35.5. The highest BCUT2D eigenvalue weighted by molar-refractivity contribution is 6.35. The van der Waals surface area contributed by atoms with Gasteiger partial charge in [0.2, 0.25) is 5.78 Å². The van der Waals surface area contributed by atoms with E-state index in [1.807, 2.05) is 20.8 Å². The van der Waals surface area contributed by atoms with Crippen molar-refractivity contribution in [3.63, 3.8) is 0 Å². The highest BCUT2D eigenvalue weighted by Gasteiger charge is 2.27. The van der Waals surface area contributed by atoms with Crippen molar-refractivity contribution >= 4 is 29.4 Å². The summed E-state index contributed by atoms with van der Waals surface area (Å²) < 4.78 is 10.3. The fourth-order valence-corrected chi connectivity index (χ4v) is 3.41. The first-order valence-electron chi connectivity index (χ1n) is 10.4. The van der Waals surface area contributed by atoms with E-state index in [4.69, 9.17) is 21.1 Å². The molecule has 0 radical (unpaired) electrons. The van der Waals surface area contributed by atoms with Crippen LogP contribution in [0.5, 0.6) is 0 Å². The van der Waals surface area contributed by atoms with Gasteiger partial charge in [0.25, 0.3) is 0 Å². The van der Waals surface area contributed by atoms with Crippen LogP contribution in [-0.2, 0) is 14.3 Å². The van der Waals surface area contributed by atoms with Crippen molar-refractivity contribution in [2.45, 2.75) is 71.1 Å². The lowest BCUT2D eigenvalue weighted by atomic mass is 9.91. The molecule has 170 valence electrons. The first-order chi connectivity index (χ1) is 14.6. The number of nitrogens with one attached hydrogen (secondary N) is 2. The lowest BCUT2D eigenvalue weighted by Crippen LogP contribution is -2.43. The number of ether oxygens (including phenoxy) is 2. The van der Waals surface area contributed by atoms with Gasteiger partial charge in [-0.3, -0.25) is 4.79 Å². The molecule has 9 heteroatoms. The Hall–Kier alpha value is -2.61. The van der Waals surface area contributed by atoms with E-state index in [9.17, 15) is 14.4 Å². The van der Waals surface area contributed by atoms with Crippen molar-refractivity contribution in [2.75, 3.05) is 6.61 Å². The van der Waals surface area contributed by atoms with Gasteiger partial charge in [0, 0.05) is 24.5 Å². The van der Waals surface area contributed by atoms with Crippen molar-refractivity contribution in [2.24, 2.45) is 0 Å². The smallest absolute Gasteiger partial charge is 0.407 e. The fourth-order valence-electron chi connectivity index (χ4n) is 3.21. The number of Topliss-reactive ketones (excluding diaryl/α,β-unsaturated/α-hetero) is 1. The number of ketones is 1. The van der Waals surface area contributed by atoms with Gasteiger partial charge in [0.05, 0.1) is 12.2 Å². The maximum absolute atomic E-state index is 12.8. The summed E-state index contributed by atoms with van der Waals surface area (Å²) in [5, 5.41) is 6.06. The van der Waals surface area contributed by atoms with E-state index in [0.29, 0.717) is 0 Å². The summed E-state index contributed by atoms with van der Waals surface area (Å²) >= 11 is 6.01. The molecular weight excluding hydrogens is 422 g/mol. The van der Waals surface area contributed by atoms with E-state index in [1.165, 1.54) is 18.5 Å². The Balaban J connectivity index is 1.99. The fraction of sp³-hybridized carbons (Fsp3) is 0.545.